The number of hydrogen-bond donors (Lipinski definition) is 3. The number of hydrogen-bond acceptors (Lipinski definition) is 4. The highest BCUT2D eigenvalue weighted by Gasteiger charge is 2.20. The summed E-state index contributed by atoms with van der Waals surface area (Å²) < 4.78 is 5.29. The monoisotopic (exact) mass is 381 g/mol. The molecule has 5 nitrogen and oxygen atoms in total. The number of benzene rings is 1. The number of rotatable bonds is 9. The molecule has 0 aromatic heterocycles. The van der Waals surface area contributed by atoms with E-state index in [1.54, 1.807) is 18.2 Å². The van der Waals surface area contributed by atoms with Crippen LogP contribution in [-0.4, -0.2) is 32.8 Å². The molecule has 0 saturated carbocycles. The molecule has 3 N–H and O–H groups in total. The lowest BCUT2D eigenvalue weighted by Gasteiger charge is -2.26. The van der Waals surface area contributed by atoms with Crippen LogP contribution in [0.1, 0.15) is 50.9 Å². The summed E-state index contributed by atoms with van der Waals surface area (Å²) in [5.41, 5.74) is 1.40. The van der Waals surface area contributed by atoms with Crippen molar-refractivity contribution >= 4 is 17.5 Å². The van der Waals surface area contributed by atoms with Crippen molar-refractivity contribution in [3.8, 4) is 5.75 Å². The smallest absolute Gasteiger partial charge is 0.256 e. The van der Waals surface area contributed by atoms with Gasteiger partial charge in [-0.3, -0.25) is 10.1 Å². The number of ether oxygens (including phenoxy) is 1. The Morgan fingerprint density at radius 1 is 1.35 bits per heavy atom. The minimum absolute atomic E-state index is 0.0576. The number of amides is 1. The molecule has 0 aliphatic heterocycles. The van der Waals surface area contributed by atoms with Crippen molar-refractivity contribution in [1.82, 2.24) is 16.0 Å². The quantitative estimate of drug-likeness (QED) is 0.447. The van der Waals surface area contributed by atoms with E-state index < -0.39 is 0 Å². The van der Waals surface area contributed by atoms with Crippen LogP contribution in [0.2, 0.25) is 5.02 Å². The van der Waals surface area contributed by atoms with Crippen molar-refractivity contribution in [3.63, 3.8) is 0 Å². The van der Waals surface area contributed by atoms with E-state index in [9.17, 15) is 4.79 Å². The first-order valence-corrected chi connectivity index (χ1v) is 9.38. The molecule has 0 aliphatic rings. The van der Waals surface area contributed by atoms with E-state index in [-0.39, 0.29) is 17.5 Å². The van der Waals surface area contributed by atoms with Gasteiger partial charge in [0.25, 0.3) is 5.91 Å². The number of allylic oxidation sites excluding steroid dienone is 1. The summed E-state index contributed by atoms with van der Waals surface area (Å²) in [6.45, 7) is 9.32. The maximum atomic E-state index is 12.8. The largest absolute Gasteiger partial charge is 0.496 e. The highest BCUT2D eigenvalue weighted by Crippen LogP contribution is 2.24. The normalized spacial score (nSPS) is 13.3. The van der Waals surface area contributed by atoms with Crippen LogP contribution < -0.4 is 20.7 Å². The fraction of sp³-hybridized carbons (Fsp3) is 0.550. The van der Waals surface area contributed by atoms with Crippen LogP contribution in [0.4, 0.5) is 0 Å². The number of methoxy groups -OCH3 is 1. The third-order valence-electron chi connectivity index (χ3n) is 4.00. The number of carbonyl (C=O) groups is 1. The molecule has 0 heterocycles. The summed E-state index contributed by atoms with van der Waals surface area (Å²) >= 11 is 6.05. The molecule has 146 valence electrons. The first-order chi connectivity index (χ1) is 12.2. The highest BCUT2D eigenvalue weighted by atomic mass is 35.5. The first kappa shape index (κ1) is 22.3. The van der Waals surface area contributed by atoms with Gasteiger partial charge in [-0.2, -0.15) is 0 Å². The van der Waals surface area contributed by atoms with E-state index in [1.807, 2.05) is 13.1 Å². The van der Waals surface area contributed by atoms with Crippen molar-refractivity contribution in [3.05, 3.63) is 40.6 Å². The molecule has 1 aromatic rings. The van der Waals surface area contributed by atoms with Gasteiger partial charge in [-0.1, -0.05) is 45.7 Å². The van der Waals surface area contributed by atoms with Crippen molar-refractivity contribution in [2.45, 2.75) is 46.7 Å². The Morgan fingerprint density at radius 2 is 2.04 bits per heavy atom. The Bertz CT molecular complexity index is 624. The summed E-state index contributed by atoms with van der Waals surface area (Å²) in [5, 5.41) is 10.1. The van der Waals surface area contributed by atoms with Gasteiger partial charge in [-0.05, 0) is 37.2 Å². The zero-order chi connectivity index (χ0) is 19.7. The molecule has 26 heavy (non-hydrogen) atoms. The van der Waals surface area contributed by atoms with Crippen LogP contribution in [0.25, 0.3) is 0 Å². The van der Waals surface area contributed by atoms with Crippen LogP contribution in [0.5, 0.6) is 5.75 Å². The highest BCUT2D eigenvalue weighted by molar-refractivity contribution is 6.31. The lowest BCUT2D eigenvalue weighted by Crippen LogP contribution is -2.45. The molecule has 0 saturated heterocycles. The summed E-state index contributed by atoms with van der Waals surface area (Å²) in [4.78, 5) is 12.8. The van der Waals surface area contributed by atoms with Gasteiger partial charge in [0, 0.05) is 23.2 Å². The zero-order valence-corrected chi connectivity index (χ0v) is 17.5. The zero-order valence-electron chi connectivity index (χ0n) is 16.7. The van der Waals surface area contributed by atoms with Crippen LogP contribution in [0.3, 0.4) is 0 Å². The van der Waals surface area contributed by atoms with E-state index in [1.165, 1.54) is 7.11 Å². The van der Waals surface area contributed by atoms with Crippen LogP contribution >= 0.6 is 11.6 Å². The van der Waals surface area contributed by atoms with E-state index in [4.69, 9.17) is 16.3 Å². The van der Waals surface area contributed by atoms with Gasteiger partial charge in [-0.15, -0.1) is 0 Å². The van der Waals surface area contributed by atoms with Crippen LogP contribution in [-0.2, 0) is 0 Å². The van der Waals surface area contributed by atoms with Gasteiger partial charge in [0.2, 0.25) is 0 Å². The Labute approximate surface area is 162 Å². The van der Waals surface area contributed by atoms with E-state index in [2.05, 4.69) is 43.6 Å². The molecule has 0 spiro atoms. The van der Waals surface area contributed by atoms with Gasteiger partial charge < -0.3 is 15.4 Å². The van der Waals surface area contributed by atoms with Gasteiger partial charge in [0.1, 0.15) is 11.9 Å². The Balaban J connectivity index is 3.06. The summed E-state index contributed by atoms with van der Waals surface area (Å²) in [7, 11) is 3.43. The van der Waals surface area contributed by atoms with E-state index in [0.717, 1.165) is 25.1 Å². The number of halogens is 1. The fourth-order valence-electron chi connectivity index (χ4n) is 2.54. The standard InChI is InChI=1S/C20H32ClN3O2/c1-7-8-11-23-18(13-17(22-5)20(2,3)4)24-19(25)15-12-14(21)9-10-16(15)26-6/h9-10,12-13,18,22-23H,7-8,11H2,1-6H3,(H,24,25)/b17-13-. The van der Waals surface area contributed by atoms with Crippen molar-refractivity contribution in [1.29, 1.82) is 0 Å². The Kier molecular flexibility index (Phi) is 8.96. The number of nitrogens with one attached hydrogen (secondary N) is 3. The molecule has 1 rings (SSSR count). The van der Waals surface area contributed by atoms with E-state index in [0.29, 0.717) is 16.3 Å². The predicted molar refractivity (Wildman–Crippen MR) is 109 cm³/mol. The fourth-order valence-corrected chi connectivity index (χ4v) is 2.71. The van der Waals surface area contributed by atoms with Crippen molar-refractivity contribution < 1.29 is 9.53 Å². The molecule has 0 radical (unpaired) electrons. The minimum atomic E-state index is -0.306. The lowest BCUT2D eigenvalue weighted by molar-refractivity contribution is 0.0935. The molecule has 1 amide bonds. The molecular weight excluding hydrogens is 350 g/mol. The second kappa shape index (κ2) is 10.4. The molecule has 1 atom stereocenters. The lowest BCUT2D eigenvalue weighted by atomic mass is 9.91. The minimum Gasteiger partial charge on any atom is -0.496 e. The average molecular weight is 382 g/mol. The Hall–Kier alpha value is -1.72. The van der Waals surface area contributed by atoms with Gasteiger partial charge >= 0.3 is 0 Å². The molecule has 0 bridgehead atoms. The molecule has 0 fully saturated rings. The third kappa shape index (κ3) is 6.89. The third-order valence-corrected chi connectivity index (χ3v) is 4.23. The SMILES string of the molecule is CCCCNC(/C=C(\NC)C(C)(C)C)NC(=O)c1cc(Cl)ccc1OC. The summed E-state index contributed by atoms with van der Waals surface area (Å²) in [6, 6.07) is 5.01. The van der Waals surface area contributed by atoms with Gasteiger partial charge in [-0.25, -0.2) is 0 Å². The second-order valence-electron chi connectivity index (χ2n) is 7.18. The maximum Gasteiger partial charge on any atom is 0.256 e. The molecular formula is C20H32ClN3O2. The first-order valence-electron chi connectivity index (χ1n) is 9.00. The van der Waals surface area contributed by atoms with Gasteiger partial charge in [0.05, 0.1) is 12.7 Å². The molecule has 6 heteroatoms. The van der Waals surface area contributed by atoms with Crippen LogP contribution in [0.15, 0.2) is 30.0 Å². The van der Waals surface area contributed by atoms with Crippen molar-refractivity contribution in [2.75, 3.05) is 20.7 Å². The van der Waals surface area contributed by atoms with Crippen molar-refractivity contribution in [2.24, 2.45) is 5.41 Å². The maximum absolute atomic E-state index is 12.8. The van der Waals surface area contributed by atoms with Gasteiger partial charge in [0.15, 0.2) is 0 Å². The molecule has 1 aromatic carbocycles. The summed E-state index contributed by atoms with van der Waals surface area (Å²) in [5.74, 6) is 0.256. The molecule has 0 aliphatic carbocycles. The average Bonchev–Trinajstić information content (AvgIpc) is 2.58. The Morgan fingerprint density at radius 3 is 2.58 bits per heavy atom. The summed E-state index contributed by atoms with van der Waals surface area (Å²) in [6.07, 6.45) is 3.83. The number of carbonyl (C=O) groups excluding carboxylic acids is 1. The van der Waals surface area contributed by atoms with E-state index >= 15 is 0 Å². The second-order valence-corrected chi connectivity index (χ2v) is 7.62. The number of unbranched alkanes of at least 4 members (excludes halogenated alkanes) is 1. The topological polar surface area (TPSA) is 62.4 Å². The molecule has 1 unspecified atom stereocenters. The van der Waals surface area contributed by atoms with Crippen LogP contribution in [0, 0.1) is 5.41 Å². The predicted octanol–water partition coefficient (Wildman–Crippen LogP) is 3.94.